The largest absolute Gasteiger partial charge is 0.378 e. The molecular formula is C12H18O. The highest BCUT2D eigenvalue weighted by atomic mass is 16.3. The summed E-state index contributed by atoms with van der Waals surface area (Å²) >= 11 is 0. The molecule has 2 aliphatic rings. The van der Waals surface area contributed by atoms with Gasteiger partial charge in [-0.1, -0.05) is 18.8 Å². The fraction of sp³-hybridized carbons (Fsp3) is 0.833. The zero-order chi connectivity index (χ0) is 9.36. The van der Waals surface area contributed by atoms with Gasteiger partial charge in [0.05, 0.1) is 0 Å². The number of hydrogen-bond acceptors (Lipinski definition) is 1. The molecule has 0 aromatic carbocycles. The molecule has 0 bridgehead atoms. The number of terminal acetylenes is 1. The molecule has 1 nitrogen and oxygen atoms in total. The van der Waals surface area contributed by atoms with Gasteiger partial charge >= 0.3 is 0 Å². The summed E-state index contributed by atoms with van der Waals surface area (Å²) in [5.41, 5.74) is -0.197. The fourth-order valence-electron chi connectivity index (χ4n) is 2.96. The Kier molecular flexibility index (Phi) is 2.12. The second-order valence-electron chi connectivity index (χ2n) is 4.88. The van der Waals surface area contributed by atoms with Crippen LogP contribution in [0.5, 0.6) is 0 Å². The van der Waals surface area contributed by atoms with Crippen molar-refractivity contribution in [2.24, 2.45) is 5.41 Å². The molecule has 0 atom stereocenters. The Morgan fingerprint density at radius 2 is 1.46 bits per heavy atom. The fourth-order valence-corrected chi connectivity index (χ4v) is 2.96. The summed E-state index contributed by atoms with van der Waals surface area (Å²) in [5, 5.41) is 9.89. The first-order chi connectivity index (χ1) is 6.18. The van der Waals surface area contributed by atoms with Crippen LogP contribution in [0.15, 0.2) is 0 Å². The molecule has 2 saturated carbocycles. The Labute approximate surface area is 80.5 Å². The van der Waals surface area contributed by atoms with Crippen molar-refractivity contribution in [1.82, 2.24) is 0 Å². The van der Waals surface area contributed by atoms with Crippen molar-refractivity contribution in [1.29, 1.82) is 0 Å². The van der Waals surface area contributed by atoms with Crippen molar-refractivity contribution in [3.63, 3.8) is 0 Å². The molecule has 0 amide bonds. The highest BCUT2D eigenvalue weighted by Crippen LogP contribution is 2.50. The van der Waals surface area contributed by atoms with E-state index < -0.39 is 5.60 Å². The van der Waals surface area contributed by atoms with Crippen LogP contribution in [0.4, 0.5) is 0 Å². The minimum absolute atomic E-state index is 0.572. The average Bonchev–Trinajstić information content (AvgIpc) is 2.61. The molecule has 0 unspecified atom stereocenters. The lowest BCUT2D eigenvalue weighted by Gasteiger charge is -2.39. The predicted molar refractivity (Wildman–Crippen MR) is 53.2 cm³/mol. The van der Waals surface area contributed by atoms with Gasteiger partial charge in [-0.25, -0.2) is 0 Å². The molecule has 0 aromatic heterocycles. The van der Waals surface area contributed by atoms with Gasteiger partial charge in [0, 0.05) is 0 Å². The third-order valence-electron chi connectivity index (χ3n) is 4.07. The maximum absolute atomic E-state index is 9.89. The predicted octanol–water partition coefficient (Wildman–Crippen LogP) is 2.49. The van der Waals surface area contributed by atoms with Gasteiger partial charge in [-0.3, -0.25) is 0 Å². The number of aliphatic hydroxyl groups is 1. The summed E-state index contributed by atoms with van der Waals surface area (Å²) in [5.74, 6) is 2.54. The minimum atomic E-state index is -0.770. The van der Waals surface area contributed by atoms with Gasteiger partial charge in [0.15, 0.2) is 0 Å². The van der Waals surface area contributed by atoms with Crippen LogP contribution in [0, 0.1) is 17.8 Å². The van der Waals surface area contributed by atoms with Gasteiger partial charge in [0.2, 0.25) is 0 Å². The van der Waals surface area contributed by atoms with Crippen LogP contribution in [-0.4, -0.2) is 10.7 Å². The number of rotatable bonds is 0. The van der Waals surface area contributed by atoms with Crippen LogP contribution in [0.1, 0.15) is 51.4 Å². The van der Waals surface area contributed by atoms with Gasteiger partial charge in [-0.2, -0.15) is 0 Å². The molecule has 0 radical (unpaired) electrons. The summed E-state index contributed by atoms with van der Waals surface area (Å²) in [7, 11) is 0. The topological polar surface area (TPSA) is 20.2 Å². The SMILES string of the molecule is C#CC1(O)CCC2(CCCC2)CC1. The third-order valence-corrected chi connectivity index (χ3v) is 4.07. The molecule has 2 aliphatic carbocycles. The van der Waals surface area contributed by atoms with Crippen molar-refractivity contribution >= 4 is 0 Å². The first kappa shape index (κ1) is 9.09. The lowest BCUT2D eigenvalue weighted by Crippen LogP contribution is -2.36. The maximum atomic E-state index is 9.89. The van der Waals surface area contributed by atoms with Gasteiger partial charge in [-0.05, 0) is 43.9 Å². The summed E-state index contributed by atoms with van der Waals surface area (Å²) in [4.78, 5) is 0. The molecule has 0 heterocycles. The molecule has 1 heteroatoms. The zero-order valence-corrected chi connectivity index (χ0v) is 8.18. The highest BCUT2D eigenvalue weighted by Gasteiger charge is 2.42. The molecule has 72 valence electrons. The molecule has 0 aromatic rings. The second-order valence-corrected chi connectivity index (χ2v) is 4.88. The third kappa shape index (κ3) is 1.60. The first-order valence-electron chi connectivity index (χ1n) is 5.38. The zero-order valence-electron chi connectivity index (χ0n) is 8.18. The van der Waals surface area contributed by atoms with Crippen molar-refractivity contribution in [3.8, 4) is 12.3 Å². The molecule has 0 saturated heterocycles. The monoisotopic (exact) mass is 178 g/mol. The molecule has 13 heavy (non-hydrogen) atoms. The Bertz CT molecular complexity index is 220. The molecule has 1 spiro atoms. The summed E-state index contributed by atoms with van der Waals surface area (Å²) in [6, 6.07) is 0. The maximum Gasteiger partial charge on any atom is 0.125 e. The van der Waals surface area contributed by atoms with Crippen LogP contribution >= 0.6 is 0 Å². The summed E-state index contributed by atoms with van der Waals surface area (Å²) in [6.07, 6.45) is 14.8. The van der Waals surface area contributed by atoms with E-state index in [0.29, 0.717) is 5.41 Å². The lowest BCUT2D eigenvalue weighted by molar-refractivity contribution is 0.0134. The summed E-state index contributed by atoms with van der Waals surface area (Å²) in [6.45, 7) is 0. The number of hydrogen-bond donors (Lipinski definition) is 1. The van der Waals surface area contributed by atoms with Crippen LogP contribution < -0.4 is 0 Å². The quantitative estimate of drug-likeness (QED) is 0.565. The van der Waals surface area contributed by atoms with E-state index in [2.05, 4.69) is 5.92 Å². The van der Waals surface area contributed by atoms with E-state index in [1.165, 1.54) is 25.7 Å². The Morgan fingerprint density at radius 1 is 0.923 bits per heavy atom. The van der Waals surface area contributed by atoms with Crippen LogP contribution in [-0.2, 0) is 0 Å². The minimum Gasteiger partial charge on any atom is -0.378 e. The normalized spacial score (nSPS) is 30.2. The Balaban J connectivity index is 2.00. The van der Waals surface area contributed by atoms with Crippen LogP contribution in [0.2, 0.25) is 0 Å². The van der Waals surface area contributed by atoms with E-state index in [4.69, 9.17) is 6.42 Å². The van der Waals surface area contributed by atoms with Crippen LogP contribution in [0.25, 0.3) is 0 Å². The van der Waals surface area contributed by atoms with E-state index in [1.807, 2.05) is 0 Å². The van der Waals surface area contributed by atoms with Crippen molar-refractivity contribution in [2.45, 2.75) is 57.0 Å². The average molecular weight is 178 g/mol. The lowest BCUT2D eigenvalue weighted by atomic mass is 9.68. The molecule has 0 aliphatic heterocycles. The van der Waals surface area contributed by atoms with Crippen LogP contribution in [0.3, 0.4) is 0 Å². The molecule has 2 fully saturated rings. The van der Waals surface area contributed by atoms with Crippen molar-refractivity contribution < 1.29 is 5.11 Å². The van der Waals surface area contributed by atoms with E-state index in [1.54, 1.807) is 0 Å². The van der Waals surface area contributed by atoms with Gasteiger partial charge < -0.3 is 5.11 Å². The second kappa shape index (κ2) is 3.03. The smallest absolute Gasteiger partial charge is 0.125 e. The van der Waals surface area contributed by atoms with Gasteiger partial charge in [0.1, 0.15) is 5.60 Å². The van der Waals surface area contributed by atoms with E-state index in [-0.39, 0.29) is 0 Å². The Hall–Kier alpha value is -0.480. The van der Waals surface area contributed by atoms with E-state index in [9.17, 15) is 5.11 Å². The molecule has 1 N–H and O–H groups in total. The van der Waals surface area contributed by atoms with E-state index in [0.717, 1.165) is 25.7 Å². The van der Waals surface area contributed by atoms with Gasteiger partial charge in [-0.15, -0.1) is 6.42 Å². The van der Waals surface area contributed by atoms with Crippen molar-refractivity contribution in [2.75, 3.05) is 0 Å². The first-order valence-corrected chi connectivity index (χ1v) is 5.38. The standard InChI is InChI=1S/C12H18O/c1-2-12(13)9-7-11(8-10-12)5-3-4-6-11/h1,13H,3-10H2. The highest BCUT2D eigenvalue weighted by molar-refractivity contribution is 5.11. The summed E-state index contributed by atoms with van der Waals surface area (Å²) < 4.78 is 0. The Morgan fingerprint density at radius 3 is 1.92 bits per heavy atom. The van der Waals surface area contributed by atoms with E-state index >= 15 is 0 Å². The van der Waals surface area contributed by atoms with Gasteiger partial charge in [0.25, 0.3) is 0 Å². The van der Waals surface area contributed by atoms with Crippen molar-refractivity contribution in [3.05, 3.63) is 0 Å². The molecular weight excluding hydrogens is 160 g/mol. The molecule has 2 rings (SSSR count).